The number of benzene rings is 1. The smallest absolute Gasteiger partial charge is 0.277 e. The molecule has 1 aromatic carbocycles. The van der Waals surface area contributed by atoms with E-state index in [2.05, 4.69) is 29.4 Å². The quantitative estimate of drug-likeness (QED) is 0.631. The fourth-order valence-electron chi connectivity index (χ4n) is 2.35. The van der Waals surface area contributed by atoms with E-state index in [0.717, 1.165) is 18.4 Å². The first kappa shape index (κ1) is 19.8. The van der Waals surface area contributed by atoms with Crippen LogP contribution in [0.25, 0.3) is 11.5 Å². The molecule has 5 nitrogen and oxygen atoms in total. The number of hydrogen-bond donors (Lipinski definition) is 1. The first-order valence-corrected chi connectivity index (χ1v) is 9.82. The predicted octanol–water partition coefficient (Wildman–Crippen LogP) is 4.81. The molecule has 0 fully saturated rings. The van der Waals surface area contributed by atoms with Crippen LogP contribution < -0.4 is 5.32 Å². The topological polar surface area (TPSA) is 68.0 Å². The van der Waals surface area contributed by atoms with Gasteiger partial charge in [-0.1, -0.05) is 56.1 Å². The number of carbonyl (C=O) groups is 1. The molecule has 0 bridgehead atoms. The van der Waals surface area contributed by atoms with E-state index in [1.807, 2.05) is 19.1 Å². The third-order valence-corrected chi connectivity index (χ3v) is 4.68. The maximum Gasteiger partial charge on any atom is 0.277 e. The van der Waals surface area contributed by atoms with Crippen LogP contribution in [0.15, 0.2) is 33.9 Å². The Morgan fingerprint density at radius 2 is 2.08 bits per heavy atom. The summed E-state index contributed by atoms with van der Waals surface area (Å²) in [6, 6.07) is 7.39. The Bertz CT molecular complexity index is 690. The van der Waals surface area contributed by atoms with Crippen molar-refractivity contribution in [2.75, 3.05) is 5.75 Å². The summed E-state index contributed by atoms with van der Waals surface area (Å²) in [5, 5.41) is 11.9. The molecule has 1 atom stereocenters. The van der Waals surface area contributed by atoms with Gasteiger partial charge < -0.3 is 9.73 Å². The molecule has 0 unspecified atom stereocenters. The van der Waals surface area contributed by atoms with Gasteiger partial charge in [0.25, 0.3) is 5.22 Å². The Labute approximate surface area is 157 Å². The van der Waals surface area contributed by atoms with Crippen LogP contribution in [0.2, 0.25) is 5.02 Å². The molecule has 2 aromatic rings. The molecule has 0 spiro atoms. The van der Waals surface area contributed by atoms with E-state index in [0.29, 0.717) is 22.1 Å². The van der Waals surface area contributed by atoms with Gasteiger partial charge >= 0.3 is 0 Å². The number of thioether (sulfide) groups is 1. The highest BCUT2D eigenvalue weighted by Gasteiger charge is 2.13. The minimum atomic E-state index is -0.0236. The highest BCUT2D eigenvalue weighted by Crippen LogP contribution is 2.25. The summed E-state index contributed by atoms with van der Waals surface area (Å²) in [7, 11) is 0. The largest absolute Gasteiger partial charge is 0.411 e. The van der Waals surface area contributed by atoms with Crippen LogP contribution in [-0.4, -0.2) is 27.9 Å². The third kappa shape index (κ3) is 7.08. The van der Waals surface area contributed by atoms with Crippen molar-refractivity contribution in [2.45, 2.75) is 51.3 Å². The Hall–Kier alpha value is -1.53. The van der Waals surface area contributed by atoms with Crippen molar-refractivity contribution >= 4 is 29.3 Å². The van der Waals surface area contributed by atoms with Crippen LogP contribution >= 0.6 is 23.4 Å². The van der Waals surface area contributed by atoms with Crippen molar-refractivity contribution in [2.24, 2.45) is 5.92 Å². The maximum absolute atomic E-state index is 12.0. The second-order valence-corrected chi connectivity index (χ2v) is 7.83. The van der Waals surface area contributed by atoms with Crippen LogP contribution in [0.3, 0.4) is 0 Å². The van der Waals surface area contributed by atoms with Gasteiger partial charge in [0.15, 0.2) is 0 Å². The van der Waals surface area contributed by atoms with Gasteiger partial charge in [0, 0.05) is 16.6 Å². The zero-order chi connectivity index (χ0) is 18.2. The molecule has 0 aliphatic heterocycles. The molecule has 0 aliphatic rings. The van der Waals surface area contributed by atoms with Crippen LogP contribution in [0.5, 0.6) is 0 Å². The lowest BCUT2D eigenvalue weighted by molar-refractivity contribution is -0.119. The molecule has 1 N–H and O–H groups in total. The van der Waals surface area contributed by atoms with E-state index in [4.69, 9.17) is 16.0 Å². The summed E-state index contributed by atoms with van der Waals surface area (Å²) in [6.07, 6.45) is 3.30. The van der Waals surface area contributed by atoms with Gasteiger partial charge in [-0.2, -0.15) is 0 Å². The molecule has 0 saturated heterocycles. The monoisotopic (exact) mass is 381 g/mol. The third-order valence-electron chi connectivity index (χ3n) is 3.63. The van der Waals surface area contributed by atoms with Crippen molar-refractivity contribution in [1.29, 1.82) is 0 Å². The standard InChI is InChI=1S/C18H24ClN3O2S/c1-12(2)6-4-7-13(3)20-16(23)11-25-18-22-21-17(24-18)14-8-5-9-15(19)10-14/h5,8-10,12-13H,4,6-7,11H2,1-3H3,(H,20,23)/t13-/m0/s1. The summed E-state index contributed by atoms with van der Waals surface area (Å²) in [4.78, 5) is 12.0. The van der Waals surface area contributed by atoms with Crippen LogP contribution in [0.1, 0.15) is 40.0 Å². The van der Waals surface area contributed by atoms with Crippen LogP contribution in [0.4, 0.5) is 0 Å². The number of halogens is 1. The lowest BCUT2D eigenvalue weighted by Crippen LogP contribution is -2.33. The fourth-order valence-corrected chi connectivity index (χ4v) is 3.12. The van der Waals surface area contributed by atoms with Crippen LogP contribution in [0, 0.1) is 5.92 Å². The maximum atomic E-state index is 12.0. The number of nitrogens with zero attached hydrogens (tertiary/aromatic N) is 2. The SMILES string of the molecule is CC(C)CCC[C@H](C)NC(=O)CSc1nnc(-c2cccc(Cl)c2)o1. The van der Waals surface area contributed by atoms with Gasteiger partial charge in [0.2, 0.25) is 11.8 Å². The lowest BCUT2D eigenvalue weighted by Gasteiger charge is -2.14. The van der Waals surface area contributed by atoms with Gasteiger partial charge in [-0.25, -0.2) is 0 Å². The number of carbonyl (C=O) groups excluding carboxylic acids is 1. The Kier molecular flexibility index (Phi) is 7.78. The molecule has 0 saturated carbocycles. The highest BCUT2D eigenvalue weighted by molar-refractivity contribution is 7.99. The first-order chi connectivity index (χ1) is 11.9. The summed E-state index contributed by atoms with van der Waals surface area (Å²) in [5.74, 6) is 1.33. The van der Waals surface area contributed by atoms with Gasteiger partial charge in [0.1, 0.15) is 0 Å². The number of rotatable bonds is 9. The molecule has 1 aromatic heterocycles. The Morgan fingerprint density at radius 1 is 1.28 bits per heavy atom. The van der Waals surface area contributed by atoms with Gasteiger partial charge in [-0.3, -0.25) is 4.79 Å². The van der Waals surface area contributed by atoms with Gasteiger partial charge in [0.05, 0.1) is 5.75 Å². The van der Waals surface area contributed by atoms with Crippen molar-refractivity contribution in [3.05, 3.63) is 29.3 Å². The van der Waals surface area contributed by atoms with Crippen molar-refractivity contribution in [1.82, 2.24) is 15.5 Å². The molecule has 1 heterocycles. The highest BCUT2D eigenvalue weighted by atomic mass is 35.5. The Balaban J connectivity index is 1.77. The predicted molar refractivity (Wildman–Crippen MR) is 102 cm³/mol. The van der Waals surface area contributed by atoms with Crippen molar-refractivity contribution in [3.63, 3.8) is 0 Å². The van der Waals surface area contributed by atoms with Gasteiger partial charge in [-0.05, 0) is 37.5 Å². The fraction of sp³-hybridized carbons (Fsp3) is 0.500. The average Bonchev–Trinajstić information content (AvgIpc) is 3.01. The van der Waals surface area contributed by atoms with Crippen molar-refractivity contribution < 1.29 is 9.21 Å². The van der Waals surface area contributed by atoms with E-state index >= 15 is 0 Å². The normalized spacial score (nSPS) is 12.4. The number of amides is 1. The molecule has 0 radical (unpaired) electrons. The summed E-state index contributed by atoms with van der Waals surface area (Å²) < 4.78 is 5.57. The number of aromatic nitrogens is 2. The first-order valence-electron chi connectivity index (χ1n) is 8.45. The van der Waals surface area contributed by atoms with E-state index in [1.54, 1.807) is 12.1 Å². The zero-order valence-corrected chi connectivity index (χ0v) is 16.4. The van der Waals surface area contributed by atoms with Crippen LogP contribution in [-0.2, 0) is 4.79 Å². The molecular formula is C18H24ClN3O2S. The second kappa shape index (κ2) is 9.82. The average molecular weight is 382 g/mol. The Morgan fingerprint density at radius 3 is 2.80 bits per heavy atom. The summed E-state index contributed by atoms with van der Waals surface area (Å²) in [5.41, 5.74) is 0.759. The minimum Gasteiger partial charge on any atom is -0.411 e. The molecule has 7 heteroatoms. The zero-order valence-electron chi connectivity index (χ0n) is 14.8. The van der Waals surface area contributed by atoms with Gasteiger partial charge in [-0.15, -0.1) is 10.2 Å². The molecular weight excluding hydrogens is 358 g/mol. The summed E-state index contributed by atoms with van der Waals surface area (Å²) >= 11 is 7.19. The molecule has 1 amide bonds. The van der Waals surface area contributed by atoms with Crippen molar-refractivity contribution in [3.8, 4) is 11.5 Å². The van der Waals surface area contributed by atoms with E-state index < -0.39 is 0 Å². The minimum absolute atomic E-state index is 0.0236. The van der Waals surface area contributed by atoms with E-state index in [1.165, 1.54) is 18.2 Å². The second-order valence-electron chi connectivity index (χ2n) is 6.47. The lowest BCUT2D eigenvalue weighted by atomic mass is 10.0. The summed E-state index contributed by atoms with van der Waals surface area (Å²) in [6.45, 7) is 6.46. The molecule has 0 aliphatic carbocycles. The number of nitrogens with one attached hydrogen (secondary N) is 1. The molecule has 2 rings (SSSR count). The molecule has 136 valence electrons. The number of hydrogen-bond acceptors (Lipinski definition) is 5. The van der Waals surface area contributed by atoms with E-state index in [9.17, 15) is 4.79 Å². The van der Waals surface area contributed by atoms with E-state index in [-0.39, 0.29) is 17.7 Å². The molecule has 25 heavy (non-hydrogen) atoms.